The summed E-state index contributed by atoms with van der Waals surface area (Å²) in [6.07, 6.45) is -3.94. The van der Waals surface area contributed by atoms with E-state index in [2.05, 4.69) is 4.74 Å². The lowest BCUT2D eigenvalue weighted by atomic mass is 9.99. The van der Waals surface area contributed by atoms with Crippen molar-refractivity contribution >= 4 is 6.29 Å². The molecule has 0 bridgehead atoms. The fraction of sp³-hybridized carbons (Fsp3) is 0.133. The second-order valence-corrected chi connectivity index (χ2v) is 4.26. The zero-order valence-electron chi connectivity index (χ0n) is 10.6. The molecule has 0 spiro atoms. The Labute approximate surface area is 113 Å². The highest BCUT2D eigenvalue weighted by Gasteiger charge is 2.30. The van der Waals surface area contributed by atoms with Crippen LogP contribution in [0, 0.1) is 6.92 Å². The van der Waals surface area contributed by atoms with E-state index in [9.17, 15) is 18.0 Å². The van der Waals surface area contributed by atoms with Crippen molar-refractivity contribution in [2.45, 2.75) is 13.3 Å². The minimum Gasteiger partial charge on any atom is -0.406 e. The van der Waals surface area contributed by atoms with Crippen LogP contribution in [0.5, 0.6) is 5.75 Å². The summed E-state index contributed by atoms with van der Waals surface area (Å²) in [6.45, 7) is 1.84. The highest BCUT2D eigenvalue weighted by atomic mass is 19.4. The van der Waals surface area contributed by atoms with Crippen molar-refractivity contribution in [1.29, 1.82) is 0 Å². The number of halogens is 3. The number of benzene rings is 2. The van der Waals surface area contributed by atoms with Crippen molar-refractivity contribution in [1.82, 2.24) is 0 Å². The van der Waals surface area contributed by atoms with Gasteiger partial charge in [0.1, 0.15) is 12.0 Å². The van der Waals surface area contributed by atoms with Crippen LogP contribution in [-0.4, -0.2) is 12.6 Å². The molecule has 0 saturated heterocycles. The van der Waals surface area contributed by atoms with Crippen LogP contribution < -0.4 is 4.74 Å². The fourth-order valence-corrected chi connectivity index (χ4v) is 1.92. The van der Waals surface area contributed by atoms with Gasteiger partial charge in [-0.25, -0.2) is 0 Å². The highest BCUT2D eigenvalue weighted by Crippen LogP contribution is 2.28. The Balaban J connectivity index is 2.28. The van der Waals surface area contributed by atoms with Crippen LogP contribution in [0.1, 0.15) is 15.9 Å². The van der Waals surface area contributed by atoms with Crippen molar-refractivity contribution < 1.29 is 22.7 Å². The lowest BCUT2D eigenvalue weighted by Crippen LogP contribution is -2.16. The van der Waals surface area contributed by atoms with Crippen LogP contribution in [0.4, 0.5) is 13.2 Å². The first-order chi connectivity index (χ1) is 9.39. The third-order valence-electron chi connectivity index (χ3n) is 2.79. The number of rotatable bonds is 3. The maximum atomic E-state index is 12.1. The number of aldehydes is 1. The summed E-state index contributed by atoms with van der Waals surface area (Å²) in [5, 5.41) is 0. The van der Waals surface area contributed by atoms with E-state index < -0.39 is 6.36 Å². The number of carbonyl (C=O) groups is 1. The van der Waals surface area contributed by atoms with Crippen molar-refractivity contribution in [2.75, 3.05) is 0 Å². The summed E-state index contributed by atoms with van der Waals surface area (Å²) in [6, 6.07) is 10.8. The zero-order valence-corrected chi connectivity index (χ0v) is 10.6. The molecular formula is C15H11F3O2. The first-order valence-corrected chi connectivity index (χ1v) is 5.81. The summed E-state index contributed by atoms with van der Waals surface area (Å²) in [5.41, 5.74) is 3.05. The van der Waals surface area contributed by atoms with Gasteiger partial charge in [0.2, 0.25) is 0 Å². The third kappa shape index (κ3) is 3.38. The van der Waals surface area contributed by atoms with Crippen LogP contribution in [-0.2, 0) is 0 Å². The largest absolute Gasteiger partial charge is 0.573 e. The van der Waals surface area contributed by atoms with Gasteiger partial charge in [0.05, 0.1) is 0 Å². The predicted molar refractivity (Wildman–Crippen MR) is 68.7 cm³/mol. The standard InChI is InChI=1S/C15H11F3O2/c1-10-8-11(9-19)2-7-14(10)12-3-5-13(6-4-12)20-15(16,17)18/h2-9H,1H3. The molecule has 104 valence electrons. The van der Waals surface area contributed by atoms with Crippen molar-refractivity contribution in [3.8, 4) is 16.9 Å². The molecular weight excluding hydrogens is 269 g/mol. The molecule has 2 aromatic carbocycles. The van der Waals surface area contributed by atoms with E-state index in [-0.39, 0.29) is 5.75 Å². The van der Waals surface area contributed by atoms with Gasteiger partial charge < -0.3 is 4.74 Å². The average Bonchev–Trinajstić information content (AvgIpc) is 2.38. The topological polar surface area (TPSA) is 26.3 Å². The molecule has 0 atom stereocenters. The molecule has 0 aliphatic rings. The second-order valence-electron chi connectivity index (χ2n) is 4.26. The van der Waals surface area contributed by atoms with Crippen LogP contribution in [0.15, 0.2) is 42.5 Å². The summed E-state index contributed by atoms with van der Waals surface area (Å²) in [5.74, 6) is -0.261. The number of ether oxygens (including phenoxy) is 1. The molecule has 2 rings (SSSR count). The molecule has 0 amide bonds. The lowest BCUT2D eigenvalue weighted by Gasteiger charge is -2.10. The Bertz CT molecular complexity index is 616. The molecule has 0 heterocycles. The van der Waals surface area contributed by atoms with E-state index in [1.165, 1.54) is 12.1 Å². The first-order valence-electron chi connectivity index (χ1n) is 5.81. The quantitative estimate of drug-likeness (QED) is 0.780. The normalized spacial score (nSPS) is 11.2. The Morgan fingerprint density at radius 1 is 1.05 bits per heavy atom. The van der Waals surface area contributed by atoms with E-state index in [0.29, 0.717) is 5.56 Å². The van der Waals surface area contributed by atoms with Gasteiger partial charge >= 0.3 is 6.36 Å². The molecule has 0 aromatic heterocycles. The van der Waals surface area contributed by atoms with Crippen LogP contribution in [0.25, 0.3) is 11.1 Å². The van der Waals surface area contributed by atoms with Gasteiger partial charge in [0, 0.05) is 5.56 Å². The minimum atomic E-state index is -4.69. The SMILES string of the molecule is Cc1cc(C=O)ccc1-c1ccc(OC(F)(F)F)cc1. The molecule has 0 saturated carbocycles. The predicted octanol–water partition coefficient (Wildman–Crippen LogP) is 4.37. The fourth-order valence-electron chi connectivity index (χ4n) is 1.92. The van der Waals surface area contributed by atoms with Gasteiger partial charge in [-0.2, -0.15) is 0 Å². The van der Waals surface area contributed by atoms with Gasteiger partial charge in [0.25, 0.3) is 0 Å². The highest BCUT2D eigenvalue weighted by molar-refractivity contribution is 5.78. The van der Waals surface area contributed by atoms with Gasteiger partial charge in [-0.05, 0) is 41.8 Å². The van der Waals surface area contributed by atoms with Crippen LogP contribution in [0.3, 0.4) is 0 Å². The molecule has 0 aliphatic heterocycles. The average molecular weight is 280 g/mol. The van der Waals surface area contributed by atoms with E-state index in [4.69, 9.17) is 0 Å². The first kappa shape index (κ1) is 14.1. The zero-order chi connectivity index (χ0) is 14.8. The minimum absolute atomic E-state index is 0.261. The number of carbonyl (C=O) groups excluding carboxylic acids is 1. The molecule has 2 nitrogen and oxygen atoms in total. The van der Waals surface area contributed by atoms with Crippen LogP contribution in [0.2, 0.25) is 0 Å². The van der Waals surface area contributed by atoms with Gasteiger partial charge in [-0.1, -0.05) is 24.3 Å². The van der Waals surface area contributed by atoms with Crippen molar-refractivity contribution in [3.05, 3.63) is 53.6 Å². The van der Waals surface area contributed by atoms with E-state index >= 15 is 0 Å². The lowest BCUT2D eigenvalue weighted by molar-refractivity contribution is -0.274. The maximum absolute atomic E-state index is 12.1. The number of alkyl halides is 3. The van der Waals surface area contributed by atoms with Gasteiger partial charge in [-0.3, -0.25) is 4.79 Å². The van der Waals surface area contributed by atoms with E-state index in [1.54, 1.807) is 30.3 Å². The number of aryl methyl sites for hydroxylation is 1. The Morgan fingerprint density at radius 3 is 2.20 bits per heavy atom. The summed E-state index contributed by atoms with van der Waals surface area (Å²) in [4.78, 5) is 10.7. The maximum Gasteiger partial charge on any atom is 0.573 e. The summed E-state index contributed by atoms with van der Waals surface area (Å²) in [7, 11) is 0. The Morgan fingerprint density at radius 2 is 1.70 bits per heavy atom. The van der Waals surface area contributed by atoms with E-state index in [1.807, 2.05) is 6.92 Å². The van der Waals surface area contributed by atoms with Crippen molar-refractivity contribution in [3.63, 3.8) is 0 Å². The van der Waals surface area contributed by atoms with Crippen LogP contribution >= 0.6 is 0 Å². The van der Waals surface area contributed by atoms with E-state index in [0.717, 1.165) is 23.0 Å². The molecule has 2 aromatic rings. The molecule has 0 N–H and O–H groups in total. The summed E-state index contributed by atoms with van der Waals surface area (Å²) < 4.78 is 40.0. The molecule has 5 heteroatoms. The van der Waals surface area contributed by atoms with Crippen molar-refractivity contribution in [2.24, 2.45) is 0 Å². The Hall–Kier alpha value is -2.30. The van der Waals surface area contributed by atoms with Gasteiger partial charge in [0.15, 0.2) is 0 Å². The smallest absolute Gasteiger partial charge is 0.406 e. The molecule has 0 radical (unpaired) electrons. The number of hydrogen-bond donors (Lipinski definition) is 0. The molecule has 0 unspecified atom stereocenters. The Kier molecular flexibility index (Phi) is 3.79. The van der Waals surface area contributed by atoms with Gasteiger partial charge in [-0.15, -0.1) is 13.2 Å². The molecule has 0 fully saturated rings. The summed E-state index contributed by atoms with van der Waals surface area (Å²) >= 11 is 0. The molecule has 0 aliphatic carbocycles. The molecule has 20 heavy (non-hydrogen) atoms. The third-order valence-corrected chi connectivity index (χ3v) is 2.79. The second kappa shape index (κ2) is 5.36. The monoisotopic (exact) mass is 280 g/mol. The number of hydrogen-bond acceptors (Lipinski definition) is 2.